The fraction of sp³-hybridized carbons (Fsp3) is 0.385. The van der Waals surface area contributed by atoms with Crippen molar-refractivity contribution in [3.8, 4) is 0 Å². The molecule has 1 aromatic heterocycles. The maximum Gasteiger partial charge on any atom is 0.343 e. The van der Waals surface area contributed by atoms with E-state index in [0.29, 0.717) is 10.2 Å². The Hall–Kier alpha value is -1.24. The highest BCUT2D eigenvalue weighted by Gasteiger charge is 2.24. The molecule has 0 radical (unpaired) electrons. The first-order valence-electron chi connectivity index (χ1n) is 6.32. The van der Waals surface area contributed by atoms with Crippen molar-refractivity contribution in [2.45, 2.75) is 29.8 Å². The van der Waals surface area contributed by atoms with Crippen LogP contribution >= 0.6 is 23.4 Å². The molecule has 2 aromatic rings. The first-order valence-corrected chi connectivity index (χ1v) is 7.58. The van der Waals surface area contributed by atoms with Crippen molar-refractivity contribution in [1.82, 2.24) is 14.8 Å². The summed E-state index contributed by atoms with van der Waals surface area (Å²) in [7, 11) is 1.68. The standard InChI is InChI=1S/C13H17ClN4OS/c1-3-10(15)11(8-6-4-5-7-9(8)14)20-13-17-16-12(19)18(13)2/h4-7,10-11H,3,15H2,1-2H3,(H,16,19). The van der Waals surface area contributed by atoms with Crippen LogP contribution in [0.15, 0.2) is 34.2 Å². The molecule has 0 spiro atoms. The maximum absolute atomic E-state index is 11.4. The van der Waals surface area contributed by atoms with E-state index in [9.17, 15) is 4.79 Å². The topological polar surface area (TPSA) is 76.7 Å². The molecule has 108 valence electrons. The van der Waals surface area contributed by atoms with Gasteiger partial charge in [-0.1, -0.05) is 48.5 Å². The lowest BCUT2D eigenvalue weighted by atomic mass is 10.0. The Morgan fingerprint density at radius 3 is 2.75 bits per heavy atom. The lowest BCUT2D eigenvalue weighted by Gasteiger charge is -2.23. The van der Waals surface area contributed by atoms with Crippen LogP contribution in [-0.4, -0.2) is 20.8 Å². The van der Waals surface area contributed by atoms with Crippen molar-refractivity contribution in [1.29, 1.82) is 0 Å². The molecular formula is C13H17ClN4OS. The van der Waals surface area contributed by atoms with E-state index in [1.165, 1.54) is 16.3 Å². The van der Waals surface area contributed by atoms with Gasteiger partial charge in [0.05, 0.1) is 5.25 Å². The van der Waals surface area contributed by atoms with Crippen molar-refractivity contribution >= 4 is 23.4 Å². The summed E-state index contributed by atoms with van der Waals surface area (Å²) >= 11 is 7.71. The Balaban J connectivity index is 2.36. The number of rotatable bonds is 5. The molecule has 0 saturated heterocycles. The number of aromatic amines is 1. The van der Waals surface area contributed by atoms with Crippen LogP contribution in [0.3, 0.4) is 0 Å². The number of hydrogen-bond acceptors (Lipinski definition) is 4. The van der Waals surface area contributed by atoms with Gasteiger partial charge < -0.3 is 5.73 Å². The Morgan fingerprint density at radius 2 is 2.20 bits per heavy atom. The molecule has 1 heterocycles. The van der Waals surface area contributed by atoms with E-state index in [0.717, 1.165) is 12.0 Å². The molecular weight excluding hydrogens is 296 g/mol. The van der Waals surface area contributed by atoms with E-state index in [1.807, 2.05) is 31.2 Å². The molecule has 3 N–H and O–H groups in total. The van der Waals surface area contributed by atoms with Gasteiger partial charge in [-0.3, -0.25) is 4.57 Å². The molecule has 0 aliphatic carbocycles. The number of aromatic nitrogens is 3. The lowest BCUT2D eigenvalue weighted by Crippen LogP contribution is -2.26. The second kappa shape index (κ2) is 6.47. The van der Waals surface area contributed by atoms with Crippen LogP contribution in [0, 0.1) is 0 Å². The Morgan fingerprint density at radius 1 is 1.50 bits per heavy atom. The van der Waals surface area contributed by atoms with Crippen molar-refractivity contribution in [2.24, 2.45) is 12.8 Å². The summed E-state index contributed by atoms with van der Waals surface area (Å²) in [6, 6.07) is 7.54. The zero-order chi connectivity index (χ0) is 14.7. The van der Waals surface area contributed by atoms with Crippen molar-refractivity contribution in [3.05, 3.63) is 45.3 Å². The fourth-order valence-corrected chi connectivity index (χ4v) is 3.44. The van der Waals surface area contributed by atoms with Crippen molar-refractivity contribution in [2.75, 3.05) is 0 Å². The number of benzene rings is 1. The molecule has 0 aliphatic heterocycles. The van der Waals surface area contributed by atoms with Gasteiger partial charge in [-0.15, -0.1) is 5.10 Å². The van der Waals surface area contributed by atoms with Crippen LogP contribution in [0.25, 0.3) is 0 Å². The quantitative estimate of drug-likeness (QED) is 0.831. The number of hydrogen-bond donors (Lipinski definition) is 2. The molecule has 1 aromatic carbocycles. The number of nitrogens with two attached hydrogens (primary N) is 1. The first kappa shape index (κ1) is 15.2. The zero-order valence-electron chi connectivity index (χ0n) is 11.3. The summed E-state index contributed by atoms with van der Waals surface area (Å²) in [4.78, 5) is 11.4. The van der Waals surface area contributed by atoms with E-state index in [1.54, 1.807) is 7.05 Å². The third-order valence-corrected chi connectivity index (χ3v) is 4.92. The van der Waals surface area contributed by atoms with E-state index in [-0.39, 0.29) is 17.0 Å². The van der Waals surface area contributed by atoms with Gasteiger partial charge in [0, 0.05) is 18.1 Å². The molecule has 2 unspecified atom stereocenters. The van der Waals surface area contributed by atoms with Crippen molar-refractivity contribution in [3.63, 3.8) is 0 Å². The summed E-state index contributed by atoms with van der Waals surface area (Å²) in [6.45, 7) is 2.03. The van der Waals surface area contributed by atoms with Gasteiger partial charge in [0.1, 0.15) is 0 Å². The minimum atomic E-state index is -0.240. The van der Waals surface area contributed by atoms with E-state index < -0.39 is 0 Å². The van der Waals surface area contributed by atoms with Crippen LogP contribution in [-0.2, 0) is 7.05 Å². The monoisotopic (exact) mass is 312 g/mol. The summed E-state index contributed by atoms with van der Waals surface area (Å²) in [5.74, 6) is 0. The van der Waals surface area contributed by atoms with Gasteiger partial charge in [0.25, 0.3) is 0 Å². The number of thioether (sulfide) groups is 1. The second-order valence-corrected chi connectivity index (χ2v) is 6.02. The molecule has 0 saturated carbocycles. The summed E-state index contributed by atoms with van der Waals surface area (Å²) in [6.07, 6.45) is 0.807. The third-order valence-electron chi connectivity index (χ3n) is 3.14. The summed E-state index contributed by atoms with van der Waals surface area (Å²) in [5, 5.41) is 7.67. The smallest absolute Gasteiger partial charge is 0.326 e. The SMILES string of the molecule is CCC(N)C(Sc1n[nH]c(=O)n1C)c1ccccc1Cl. The van der Waals surface area contributed by atoms with Crippen LogP contribution in [0.4, 0.5) is 0 Å². The van der Waals surface area contributed by atoms with Crippen molar-refractivity contribution < 1.29 is 0 Å². The summed E-state index contributed by atoms with van der Waals surface area (Å²) in [5.41, 5.74) is 6.94. The molecule has 20 heavy (non-hydrogen) atoms. The van der Waals surface area contributed by atoms with Crippen LogP contribution in [0.5, 0.6) is 0 Å². The van der Waals surface area contributed by atoms with E-state index in [4.69, 9.17) is 17.3 Å². The largest absolute Gasteiger partial charge is 0.343 e. The zero-order valence-corrected chi connectivity index (χ0v) is 12.9. The van der Waals surface area contributed by atoms with Crippen LogP contribution in [0.1, 0.15) is 24.2 Å². The van der Waals surface area contributed by atoms with E-state index >= 15 is 0 Å². The molecule has 0 amide bonds. The lowest BCUT2D eigenvalue weighted by molar-refractivity contribution is 0.630. The highest BCUT2D eigenvalue weighted by molar-refractivity contribution is 7.99. The molecule has 2 rings (SSSR count). The number of nitrogens with zero attached hydrogens (tertiary/aromatic N) is 2. The second-order valence-electron chi connectivity index (χ2n) is 4.50. The predicted octanol–water partition coefficient (Wildman–Crippen LogP) is 2.33. The van der Waals surface area contributed by atoms with Gasteiger partial charge >= 0.3 is 5.69 Å². The average Bonchev–Trinajstić information content (AvgIpc) is 2.76. The Kier molecular flexibility index (Phi) is 4.91. The normalized spacial score (nSPS) is 14.2. The van der Waals surface area contributed by atoms with Crippen LogP contribution in [0.2, 0.25) is 5.02 Å². The predicted molar refractivity (Wildman–Crippen MR) is 82.1 cm³/mol. The molecule has 2 atom stereocenters. The van der Waals surface area contributed by atoms with Gasteiger partial charge in [-0.05, 0) is 18.1 Å². The van der Waals surface area contributed by atoms with Gasteiger partial charge in [0.15, 0.2) is 5.16 Å². The third kappa shape index (κ3) is 3.08. The molecule has 0 bridgehead atoms. The number of H-pyrrole nitrogens is 1. The fourth-order valence-electron chi connectivity index (χ4n) is 1.85. The molecule has 7 heteroatoms. The van der Waals surface area contributed by atoms with Gasteiger partial charge in [0.2, 0.25) is 0 Å². The highest BCUT2D eigenvalue weighted by Crippen LogP contribution is 2.39. The minimum absolute atomic E-state index is 0.0531. The maximum atomic E-state index is 11.4. The first-order chi connectivity index (χ1) is 9.54. The molecule has 0 aliphatic rings. The van der Waals surface area contributed by atoms with E-state index in [2.05, 4.69) is 10.2 Å². The van der Waals surface area contributed by atoms with Crippen LogP contribution < -0.4 is 11.4 Å². The average molecular weight is 313 g/mol. The molecule has 0 fully saturated rings. The number of nitrogens with one attached hydrogen (secondary N) is 1. The Labute approximate surface area is 126 Å². The van der Waals surface area contributed by atoms with Gasteiger partial charge in [-0.2, -0.15) is 0 Å². The summed E-state index contributed by atoms with van der Waals surface area (Å²) < 4.78 is 1.47. The minimum Gasteiger partial charge on any atom is -0.326 e. The highest BCUT2D eigenvalue weighted by atomic mass is 35.5. The molecule has 5 nitrogen and oxygen atoms in total. The Bertz CT molecular complexity index is 639. The number of halogens is 1. The van der Waals surface area contributed by atoms with Gasteiger partial charge in [-0.25, -0.2) is 9.89 Å².